The normalized spacial score (nSPS) is 45.9. The van der Waals surface area contributed by atoms with Gasteiger partial charge in [-0.2, -0.15) is 0 Å². The first-order valence-electron chi connectivity index (χ1n) is 6.24. The Hall–Kier alpha value is 0. The minimum absolute atomic E-state index is 0.521. The average Bonchev–Trinajstić information content (AvgIpc) is 2.01. The Morgan fingerprint density at radius 1 is 1.07 bits per heavy atom. The maximum atomic E-state index is 2.50. The molecule has 0 nitrogen and oxygen atoms in total. The van der Waals surface area contributed by atoms with Gasteiger partial charge in [-0.25, -0.2) is 0 Å². The van der Waals surface area contributed by atoms with Crippen LogP contribution >= 0.6 is 0 Å². The second-order valence-electron chi connectivity index (χ2n) is 7.43. The highest BCUT2D eigenvalue weighted by Crippen LogP contribution is 2.65. The average molecular weight is 194 g/mol. The molecule has 0 N–H and O–H groups in total. The molecule has 82 valence electrons. The van der Waals surface area contributed by atoms with Crippen molar-refractivity contribution in [3.8, 4) is 0 Å². The molecule has 3 rings (SSSR count). The number of hydrogen-bond donors (Lipinski definition) is 0. The van der Waals surface area contributed by atoms with Crippen molar-refractivity contribution in [2.45, 2.75) is 54.4 Å². The highest BCUT2D eigenvalue weighted by atomic mass is 14.6. The molecule has 3 saturated carbocycles. The van der Waals surface area contributed by atoms with Crippen LogP contribution in [0.4, 0.5) is 0 Å². The molecule has 0 aliphatic heterocycles. The van der Waals surface area contributed by atoms with Gasteiger partial charge in [-0.1, -0.05) is 41.5 Å². The van der Waals surface area contributed by atoms with Crippen molar-refractivity contribution >= 4 is 0 Å². The van der Waals surface area contributed by atoms with Crippen molar-refractivity contribution in [3.05, 3.63) is 0 Å². The zero-order valence-electron chi connectivity index (χ0n) is 10.7. The molecule has 14 heavy (non-hydrogen) atoms. The van der Waals surface area contributed by atoms with Gasteiger partial charge in [0.25, 0.3) is 0 Å². The second-order valence-corrected chi connectivity index (χ2v) is 7.43. The molecule has 0 aromatic carbocycles. The van der Waals surface area contributed by atoms with Crippen molar-refractivity contribution < 1.29 is 0 Å². The Bertz CT molecular complexity index is 231. The van der Waals surface area contributed by atoms with Gasteiger partial charge in [0.2, 0.25) is 0 Å². The van der Waals surface area contributed by atoms with E-state index in [9.17, 15) is 0 Å². The molecule has 0 heterocycles. The minimum Gasteiger partial charge on any atom is -0.0619 e. The first-order chi connectivity index (χ1) is 6.24. The predicted molar refractivity (Wildman–Crippen MR) is 62.1 cm³/mol. The summed E-state index contributed by atoms with van der Waals surface area (Å²) >= 11 is 0. The zero-order valence-corrected chi connectivity index (χ0v) is 10.7. The third kappa shape index (κ3) is 1.26. The molecule has 4 atom stereocenters. The van der Waals surface area contributed by atoms with E-state index < -0.39 is 0 Å². The van der Waals surface area contributed by atoms with E-state index in [0.29, 0.717) is 10.8 Å². The quantitative estimate of drug-likeness (QED) is 0.538. The van der Waals surface area contributed by atoms with E-state index in [4.69, 9.17) is 0 Å². The summed E-state index contributed by atoms with van der Waals surface area (Å²) in [6, 6.07) is 0. The van der Waals surface area contributed by atoms with Gasteiger partial charge < -0.3 is 0 Å². The largest absolute Gasteiger partial charge is 0.0619 e. The fraction of sp³-hybridized carbons (Fsp3) is 1.00. The molecule has 3 aliphatic rings. The van der Waals surface area contributed by atoms with Crippen molar-refractivity contribution in [2.75, 3.05) is 0 Å². The van der Waals surface area contributed by atoms with E-state index in [1.165, 1.54) is 12.8 Å². The van der Waals surface area contributed by atoms with Crippen LogP contribution in [0.5, 0.6) is 0 Å². The van der Waals surface area contributed by atoms with Gasteiger partial charge >= 0.3 is 0 Å². The lowest BCUT2D eigenvalue weighted by Gasteiger charge is -2.64. The molecule has 0 heteroatoms. The molecule has 2 bridgehead atoms. The van der Waals surface area contributed by atoms with E-state index in [1.54, 1.807) is 0 Å². The summed E-state index contributed by atoms with van der Waals surface area (Å²) in [7, 11) is 0. The highest BCUT2D eigenvalue weighted by Gasteiger charge is 2.57. The highest BCUT2D eigenvalue weighted by molar-refractivity contribution is 5.06. The lowest BCUT2D eigenvalue weighted by molar-refractivity contribution is -0.150. The summed E-state index contributed by atoms with van der Waals surface area (Å²) in [5, 5.41) is 0. The maximum Gasteiger partial charge on any atom is -0.0295 e. The Morgan fingerprint density at radius 3 is 2.00 bits per heavy atom. The Morgan fingerprint density at radius 2 is 1.64 bits per heavy atom. The molecule has 0 aromatic heterocycles. The standard InChI is InChI=1S/C14H26/c1-9-11(13(2,3)4)7-10-8-12(9)14(10,5)6/h9-12H,7-8H2,1-6H3/t9-,10+,11?,12+/m0/s1. The monoisotopic (exact) mass is 194 g/mol. The van der Waals surface area contributed by atoms with Crippen LogP contribution in [-0.2, 0) is 0 Å². The third-order valence-electron chi connectivity index (χ3n) is 5.47. The van der Waals surface area contributed by atoms with Gasteiger partial charge in [0.1, 0.15) is 0 Å². The summed E-state index contributed by atoms with van der Waals surface area (Å²) in [5.41, 5.74) is 1.17. The summed E-state index contributed by atoms with van der Waals surface area (Å²) < 4.78 is 0. The van der Waals surface area contributed by atoms with Gasteiger partial charge in [0.15, 0.2) is 0 Å². The van der Waals surface area contributed by atoms with Crippen LogP contribution in [0.1, 0.15) is 54.4 Å². The molecule has 3 aliphatic carbocycles. The van der Waals surface area contributed by atoms with Gasteiger partial charge in [-0.05, 0) is 47.3 Å². The van der Waals surface area contributed by atoms with E-state index >= 15 is 0 Å². The molecule has 0 aromatic rings. The van der Waals surface area contributed by atoms with Crippen LogP contribution in [0.25, 0.3) is 0 Å². The van der Waals surface area contributed by atoms with E-state index in [2.05, 4.69) is 41.5 Å². The van der Waals surface area contributed by atoms with Crippen molar-refractivity contribution in [3.63, 3.8) is 0 Å². The van der Waals surface area contributed by atoms with Crippen LogP contribution < -0.4 is 0 Å². The Kier molecular flexibility index (Phi) is 2.08. The summed E-state index contributed by atoms with van der Waals surface area (Å²) in [5.74, 6) is 3.92. The molecular formula is C14H26. The maximum absolute atomic E-state index is 2.50. The molecule has 1 unspecified atom stereocenters. The molecule has 3 fully saturated rings. The van der Waals surface area contributed by atoms with E-state index in [1.807, 2.05) is 0 Å². The predicted octanol–water partition coefficient (Wildman–Crippen LogP) is 4.35. The van der Waals surface area contributed by atoms with Crippen LogP contribution in [0, 0.1) is 34.5 Å². The molecule has 0 amide bonds. The van der Waals surface area contributed by atoms with Gasteiger partial charge in [-0.15, -0.1) is 0 Å². The number of hydrogen-bond acceptors (Lipinski definition) is 0. The fourth-order valence-corrected chi connectivity index (χ4v) is 4.29. The fourth-order valence-electron chi connectivity index (χ4n) is 4.29. The van der Waals surface area contributed by atoms with Crippen LogP contribution in [0.3, 0.4) is 0 Å². The molecule has 0 spiro atoms. The molecule has 0 radical (unpaired) electrons. The van der Waals surface area contributed by atoms with Gasteiger partial charge in [0.05, 0.1) is 0 Å². The van der Waals surface area contributed by atoms with Crippen LogP contribution in [0.2, 0.25) is 0 Å². The third-order valence-corrected chi connectivity index (χ3v) is 5.47. The molecule has 0 saturated heterocycles. The minimum atomic E-state index is 0.521. The van der Waals surface area contributed by atoms with Gasteiger partial charge in [-0.3, -0.25) is 0 Å². The number of fused-ring (bicyclic) bond motifs is 2. The van der Waals surface area contributed by atoms with Crippen molar-refractivity contribution in [1.82, 2.24) is 0 Å². The van der Waals surface area contributed by atoms with Crippen LogP contribution in [0.15, 0.2) is 0 Å². The first kappa shape index (κ1) is 10.5. The van der Waals surface area contributed by atoms with Crippen molar-refractivity contribution in [1.29, 1.82) is 0 Å². The van der Waals surface area contributed by atoms with Crippen molar-refractivity contribution in [2.24, 2.45) is 34.5 Å². The SMILES string of the molecule is C[C@H]1C(C(C)(C)C)C[C@@H]2C[C@H]1C2(C)C. The second kappa shape index (κ2) is 2.77. The van der Waals surface area contributed by atoms with E-state index in [0.717, 1.165) is 23.7 Å². The summed E-state index contributed by atoms with van der Waals surface area (Å²) in [6.45, 7) is 14.7. The summed E-state index contributed by atoms with van der Waals surface area (Å²) in [4.78, 5) is 0. The lowest BCUT2D eigenvalue weighted by Crippen LogP contribution is -2.57. The van der Waals surface area contributed by atoms with Gasteiger partial charge in [0, 0.05) is 0 Å². The zero-order chi connectivity index (χ0) is 10.7. The summed E-state index contributed by atoms with van der Waals surface area (Å²) in [6.07, 6.45) is 2.99. The smallest absolute Gasteiger partial charge is 0.0295 e. The number of rotatable bonds is 0. The lowest BCUT2D eigenvalue weighted by atomic mass is 9.41. The Labute approximate surface area is 89.5 Å². The molecular weight excluding hydrogens is 168 g/mol. The first-order valence-corrected chi connectivity index (χ1v) is 6.24. The van der Waals surface area contributed by atoms with Crippen LogP contribution in [-0.4, -0.2) is 0 Å². The van der Waals surface area contributed by atoms with E-state index in [-0.39, 0.29) is 0 Å². The topological polar surface area (TPSA) is 0 Å². The Balaban J connectivity index is 2.16.